The van der Waals surface area contributed by atoms with Gasteiger partial charge in [0.1, 0.15) is 0 Å². The maximum absolute atomic E-state index is 5.66. The molecule has 17 heavy (non-hydrogen) atoms. The van der Waals surface area contributed by atoms with E-state index >= 15 is 0 Å². The van der Waals surface area contributed by atoms with Gasteiger partial charge in [-0.2, -0.15) is 0 Å². The Morgan fingerprint density at radius 3 is 2.00 bits per heavy atom. The topological polar surface area (TPSA) is 36.9 Å². The molecule has 0 bridgehead atoms. The van der Waals surface area contributed by atoms with E-state index in [0.29, 0.717) is 19.2 Å². The summed E-state index contributed by atoms with van der Waals surface area (Å²) in [6, 6.07) is 0. The molecule has 0 radical (unpaired) electrons. The fourth-order valence-corrected chi connectivity index (χ4v) is 1.20. The number of ether oxygens (including phenoxy) is 4. The monoisotopic (exact) mass is 246 g/mol. The Balaban J connectivity index is 4.53. The number of hydrogen-bond donors (Lipinski definition) is 0. The number of hydrogen-bond acceptors (Lipinski definition) is 4. The van der Waals surface area contributed by atoms with E-state index in [4.69, 9.17) is 18.9 Å². The first kappa shape index (κ1) is 16.1. The Labute approximate surface area is 105 Å². The summed E-state index contributed by atoms with van der Waals surface area (Å²) in [5.41, 5.74) is 0. The minimum Gasteiger partial charge on any atom is -0.491 e. The molecule has 0 rings (SSSR count). The Morgan fingerprint density at radius 2 is 1.47 bits per heavy atom. The predicted molar refractivity (Wildman–Crippen MR) is 67.4 cm³/mol. The lowest BCUT2D eigenvalue weighted by Crippen LogP contribution is -2.08. The normalized spacial score (nSPS) is 12.0. The standard InChI is InChI=1S/C13H26O4/c1-5-8-12(15-9-6-2)13(16-10-7-3)17-11-14-4/h5-11H2,1-4H3. The van der Waals surface area contributed by atoms with Crippen LogP contribution in [0.15, 0.2) is 11.7 Å². The summed E-state index contributed by atoms with van der Waals surface area (Å²) in [6.45, 7) is 7.73. The molecule has 0 spiro atoms. The van der Waals surface area contributed by atoms with Crippen LogP contribution < -0.4 is 0 Å². The summed E-state index contributed by atoms with van der Waals surface area (Å²) in [7, 11) is 1.59. The summed E-state index contributed by atoms with van der Waals surface area (Å²) in [5.74, 6) is 1.27. The minimum atomic E-state index is 0.182. The predicted octanol–water partition coefficient (Wildman–Crippen LogP) is 3.43. The summed E-state index contributed by atoms with van der Waals surface area (Å²) in [4.78, 5) is 0. The van der Waals surface area contributed by atoms with Gasteiger partial charge in [-0.1, -0.05) is 20.8 Å². The second-order valence-corrected chi connectivity index (χ2v) is 3.71. The van der Waals surface area contributed by atoms with E-state index in [1.807, 2.05) is 0 Å². The molecule has 0 fully saturated rings. The van der Waals surface area contributed by atoms with E-state index in [9.17, 15) is 0 Å². The van der Waals surface area contributed by atoms with Crippen molar-refractivity contribution in [2.45, 2.75) is 46.5 Å². The SMILES string of the molecule is CCCOC(CCC)=C(OCCC)OCOC. The maximum Gasteiger partial charge on any atom is 0.321 e. The highest BCUT2D eigenvalue weighted by Gasteiger charge is 2.11. The van der Waals surface area contributed by atoms with Crippen LogP contribution in [-0.4, -0.2) is 27.1 Å². The van der Waals surface area contributed by atoms with Gasteiger partial charge in [0.25, 0.3) is 0 Å². The summed E-state index contributed by atoms with van der Waals surface area (Å²) in [6.07, 6.45) is 3.72. The van der Waals surface area contributed by atoms with E-state index in [1.165, 1.54) is 0 Å². The summed E-state index contributed by atoms with van der Waals surface area (Å²) < 4.78 is 21.5. The van der Waals surface area contributed by atoms with Crippen molar-refractivity contribution in [1.82, 2.24) is 0 Å². The molecule has 0 aromatic carbocycles. The van der Waals surface area contributed by atoms with Crippen molar-refractivity contribution in [3.05, 3.63) is 11.7 Å². The molecule has 0 saturated heterocycles. The molecule has 0 saturated carbocycles. The van der Waals surface area contributed by atoms with Crippen LogP contribution in [0.3, 0.4) is 0 Å². The number of allylic oxidation sites excluding steroid dienone is 1. The Bertz CT molecular complexity index is 192. The van der Waals surface area contributed by atoms with Gasteiger partial charge in [0, 0.05) is 13.5 Å². The molecule has 0 amide bonds. The molecule has 0 heterocycles. The fraction of sp³-hybridized carbons (Fsp3) is 0.846. The second kappa shape index (κ2) is 11.6. The Morgan fingerprint density at radius 1 is 0.824 bits per heavy atom. The fourth-order valence-electron chi connectivity index (χ4n) is 1.20. The number of methoxy groups -OCH3 is 1. The third-order valence-electron chi connectivity index (χ3n) is 1.93. The van der Waals surface area contributed by atoms with Gasteiger partial charge in [-0.15, -0.1) is 0 Å². The molecule has 4 nitrogen and oxygen atoms in total. The average Bonchev–Trinajstić information content (AvgIpc) is 2.35. The Kier molecular flexibility index (Phi) is 11.0. The lowest BCUT2D eigenvalue weighted by Gasteiger charge is -2.16. The minimum absolute atomic E-state index is 0.182. The van der Waals surface area contributed by atoms with Gasteiger partial charge in [-0.25, -0.2) is 0 Å². The zero-order chi connectivity index (χ0) is 12.9. The van der Waals surface area contributed by atoms with Crippen LogP contribution >= 0.6 is 0 Å². The van der Waals surface area contributed by atoms with E-state index in [0.717, 1.165) is 31.4 Å². The zero-order valence-electron chi connectivity index (χ0n) is 11.6. The quantitative estimate of drug-likeness (QED) is 0.413. The largest absolute Gasteiger partial charge is 0.491 e. The number of rotatable bonds is 11. The van der Waals surface area contributed by atoms with Gasteiger partial charge in [0.05, 0.1) is 13.2 Å². The van der Waals surface area contributed by atoms with Gasteiger partial charge in [0.15, 0.2) is 12.6 Å². The second-order valence-electron chi connectivity index (χ2n) is 3.71. The Hall–Kier alpha value is -0.900. The third kappa shape index (κ3) is 7.91. The van der Waals surface area contributed by atoms with E-state index in [2.05, 4.69) is 20.8 Å². The molecule has 0 aromatic heterocycles. The molecule has 102 valence electrons. The third-order valence-corrected chi connectivity index (χ3v) is 1.93. The highest BCUT2D eigenvalue weighted by Crippen LogP contribution is 2.16. The average molecular weight is 246 g/mol. The van der Waals surface area contributed by atoms with Crippen molar-refractivity contribution in [3.8, 4) is 0 Å². The van der Waals surface area contributed by atoms with Crippen molar-refractivity contribution >= 4 is 0 Å². The molecule has 0 aliphatic heterocycles. The smallest absolute Gasteiger partial charge is 0.321 e. The van der Waals surface area contributed by atoms with Gasteiger partial charge < -0.3 is 18.9 Å². The molecule has 0 aromatic rings. The first-order valence-electron chi connectivity index (χ1n) is 6.40. The van der Waals surface area contributed by atoms with Gasteiger partial charge >= 0.3 is 5.95 Å². The lowest BCUT2D eigenvalue weighted by atomic mass is 10.3. The van der Waals surface area contributed by atoms with Crippen molar-refractivity contribution in [3.63, 3.8) is 0 Å². The van der Waals surface area contributed by atoms with Crippen molar-refractivity contribution in [1.29, 1.82) is 0 Å². The molecule has 0 aliphatic carbocycles. The lowest BCUT2D eigenvalue weighted by molar-refractivity contribution is -0.0685. The maximum atomic E-state index is 5.66. The molecule has 0 atom stereocenters. The zero-order valence-corrected chi connectivity index (χ0v) is 11.6. The van der Waals surface area contributed by atoms with Crippen LogP contribution in [0, 0.1) is 0 Å². The van der Waals surface area contributed by atoms with Crippen molar-refractivity contribution in [2.75, 3.05) is 27.1 Å². The van der Waals surface area contributed by atoms with Crippen molar-refractivity contribution in [2.24, 2.45) is 0 Å². The van der Waals surface area contributed by atoms with Gasteiger partial charge in [-0.05, 0) is 19.3 Å². The van der Waals surface area contributed by atoms with Crippen LogP contribution in [0.4, 0.5) is 0 Å². The highest BCUT2D eigenvalue weighted by atomic mass is 16.7. The molecule has 4 heteroatoms. The molecular formula is C13H26O4. The van der Waals surface area contributed by atoms with Crippen LogP contribution in [0.5, 0.6) is 0 Å². The first-order chi connectivity index (χ1) is 8.29. The molecule has 0 unspecified atom stereocenters. The van der Waals surface area contributed by atoms with Crippen LogP contribution in [0.2, 0.25) is 0 Å². The van der Waals surface area contributed by atoms with Crippen LogP contribution in [0.25, 0.3) is 0 Å². The summed E-state index contributed by atoms with van der Waals surface area (Å²) >= 11 is 0. The first-order valence-corrected chi connectivity index (χ1v) is 6.40. The highest BCUT2D eigenvalue weighted by molar-refractivity contribution is 4.95. The summed E-state index contributed by atoms with van der Waals surface area (Å²) in [5, 5.41) is 0. The van der Waals surface area contributed by atoms with Gasteiger partial charge in [-0.3, -0.25) is 0 Å². The molecule has 0 N–H and O–H groups in total. The van der Waals surface area contributed by atoms with E-state index in [-0.39, 0.29) is 6.79 Å². The van der Waals surface area contributed by atoms with Gasteiger partial charge in [0.2, 0.25) is 0 Å². The van der Waals surface area contributed by atoms with E-state index in [1.54, 1.807) is 7.11 Å². The van der Waals surface area contributed by atoms with Crippen LogP contribution in [0.1, 0.15) is 46.5 Å². The molecule has 0 aliphatic rings. The van der Waals surface area contributed by atoms with Crippen molar-refractivity contribution < 1.29 is 18.9 Å². The molecular weight excluding hydrogens is 220 g/mol. The van der Waals surface area contributed by atoms with Crippen LogP contribution in [-0.2, 0) is 18.9 Å². The van der Waals surface area contributed by atoms with E-state index < -0.39 is 0 Å².